The molecule has 0 aliphatic carbocycles. The molecule has 1 aliphatic rings. The van der Waals surface area contributed by atoms with E-state index in [1.807, 2.05) is 0 Å². The van der Waals surface area contributed by atoms with Gasteiger partial charge in [-0.15, -0.1) is 0 Å². The maximum Gasteiger partial charge on any atom is 0.252 e. The van der Waals surface area contributed by atoms with Crippen molar-refractivity contribution in [1.29, 1.82) is 0 Å². The van der Waals surface area contributed by atoms with Gasteiger partial charge in [-0.25, -0.2) is 9.99 Å². The van der Waals surface area contributed by atoms with E-state index in [0.29, 0.717) is 5.82 Å². The lowest BCUT2D eigenvalue weighted by Gasteiger charge is -2.32. The fourth-order valence-electron chi connectivity index (χ4n) is 1.51. The summed E-state index contributed by atoms with van der Waals surface area (Å²) in [7, 11) is 2.10. The van der Waals surface area contributed by atoms with Gasteiger partial charge in [-0.3, -0.25) is 4.79 Å². The Labute approximate surface area is 87.9 Å². The molecule has 2 N–H and O–H groups in total. The van der Waals surface area contributed by atoms with Crippen molar-refractivity contribution in [3.8, 4) is 0 Å². The monoisotopic (exact) mass is 209 g/mol. The molecule has 2 rings (SSSR count). The van der Waals surface area contributed by atoms with Crippen LogP contribution in [0.25, 0.3) is 0 Å². The quantitative estimate of drug-likeness (QED) is 0.677. The lowest BCUT2D eigenvalue weighted by Crippen LogP contribution is -2.47. The first kappa shape index (κ1) is 10.1. The van der Waals surface area contributed by atoms with E-state index >= 15 is 0 Å². The fraction of sp³-hybridized carbons (Fsp3) is 0.556. The maximum absolute atomic E-state index is 11.0. The summed E-state index contributed by atoms with van der Waals surface area (Å²) < 4.78 is 0. The number of nitrogens with zero attached hydrogens (tertiary/aromatic N) is 3. The lowest BCUT2D eigenvalue weighted by molar-refractivity contribution is 0.178. The minimum atomic E-state index is -0.137. The van der Waals surface area contributed by atoms with Gasteiger partial charge >= 0.3 is 0 Å². The Kier molecular flexibility index (Phi) is 2.98. The molecule has 1 aromatic rings. The van der Waals surface area contributed by atoms with Crippen LogP contribution in [-0.2, 0) is 0 Å². The second-order valence-corrected chi connectivity index (χ2v) is 3.70. The minimum absolute atomic E-state index is 0.137. The number of aromatic nitrogens is 2. The number of H-pyrrole nitrogens is 1. The van der Waals surface area contributed by atoms with E-state index < -0.39 is 0 Å². The first-order valence-corrected chi connectivity index (χ1v) is 4.99. The molecular weight excluding hydrogens is 194 g/mol. The number of nitrogens with one attached hydrogen (secondary N) is 2. The highest BCUT2D eigenvalue weighted by atomic mass is 16.1. The molecule has 0 unspecified atom stereocenters. The van der Waals surface area contributed by atoms with Crippen LogP contribution in [0.1, 0.15) is 0 Å². The second-order valence-electron chi connectivity index (χ2n) is 3.70. The summed E-state index contributed by atoms with van der Waals surface area (Å²) in [6.07, 6.45) is 1.40. The Balaban J connectivity index is 1.94. The number of piperazine rings is 1. The molecule has 82 valence electrons. The number of rotatable bonds is 2. The summed E-state index contributed by atoms with van der Waals surface area (Å²) in [4.78, 5) is 19.8. The van der Waals surface area contributed by atoms with Gasteiger partial charge < -0.3 is 15.3 Å². The Hall–Kier alpha value is -1.40. The first-order valence-electron chi connectivity index (χ1n) is 4.99. The Morgan fingerprint density at radius 1 is 1.40 bits per heavy atom. The standard InChI is InChI=1S/C9H15N5O/c1-13-2-4-14(5-3-13)12-8-6-9(15)11-7-10-8/h6-7H,2-5H2,1H3,(H2,10,11,12,15). The van der Waals surface area contributed by atoms with Gasteiger partial charge in [-0.2, -0.15) is 0 Å². The molecule has 0 amide bonds. The zero-order valence-electron chi connectivity index (χ0n) is 8.73. The van der Waals surface area contributed by atoms with Gasteiger partial charge in [-0.1, -0.05) is 0 Å². The predicted octanol–water partition coefficient (Wildman–Crippen LogP) is -0.656. The van der Waals surface area contributed by atoms with Crippen molar-refractivity contribution < 1.29 is 0 Å². The molecule has 2 heterocycles. The van der Waals surface area contributed by atoms with Crippen LogP contribution < -0.4 is 11.0 Å². The summed E-state index contributed by atoms with van der Waals surface area (Å²) in [5, 5.41) is 2.07. The number of anilines is 1. The van der Waals surface area contributed by atoms with E-state index in [1.54, 1.807) is 0 Å². The van der Waals surface area contributed by atoms with E-state index in [1.165, 1.54) is 12.4 Å². The highest BCUT2D eigenvalue weighted by Gasteiger charge is 2.13. The third-order valence-corrected chi connectivity index (χ3v) is 2.45. The molecule has 0 aromatic carbocycles. The lowest BCUT2D eigenvalue weighted by atomic mass is 10.4. The van der Waals surface area contributed by atoms with Gasteiger partial charge in [0, 0.05) is 32.2 Å². The summed E-state index contributed by atoms with van der Waals surface area (Å²) in [5.74, 6) is 0.600. The van der Waals surface area contributed by atoms with Gasteiger partial charge in [0.15, 0.2) is 0 Å². The van der Waals surface area contributed by atoms with E-state index in [0.717, 1.165) is 26.2 Å². The molecule has 1 aliphatic heterocycles. The van der Waals surface area contributed by atoms with Crippen molar-refractivity contribution in [1.82, 2.24) is 19.9 Å². The molecule has 6 nitrogen and oxygen atoms in total. The molecular formula is C9H15N5O. The number of hydrogen-bond acceptors (Lipinski definition) is 5. The van der Waals surface area contributed by atoms with Crippen molar-refractivity contribution >= 4 is 5.82 Å². The van der Waals surface area contributed by atoms with Crippen LogP contribution in [0.3, 0.4) is 0 Å². The number of hydrazine groups is 1. The van der Waals surface area contributed by atoms with Crippen molar-refractivity contribution in [2.24, 2.45) is 0 Å². The van der Waals surface area contributed by atoms with Crippen LogP contribution in [0.5, 0.6) is 0 Å². The highest BCUT2D eigenvalue weighted by Crippen LogP contribution is 2.02. The van der Waals surface area contributed by atoms with Crippen LogP contribution >= 0.6 is 0 Å². The average Bonchev–Trinajstić information content (AvgIpc) is 2.22. The van der Waals surface area contributed by atoms with Crippen molar-refractivity contribution in [2.45, 2.75) is 0 Å². The highest BCUT2D eigenvalue weighted by molar-refractivity contribution is 5.30. The van der Waals surface area contributed by atoms with Gasteiger partial charge in [0.25, 0.3) is 5.56 Å². The van der Waals surface area contributed by atoms with Crippen LogP contribution in [0.4, 0.5) is 5.82 Å². The number of hydrogen-bond donors (Lipinski definition) is 2. The van der Waals surface area contributed by atoms with Crippen molar-refractivity contribution in [3.63, 3.8) is 0 Å². The van der Waals surface area contributed by atoms with Crippen molar-refractivity contribution in [3.05, 3.63) is 22.7 Å². The van der Waals surface area contributed by atoms with Gasteiger partial charge in [0.2, 0.25) is 0 Å². The fourth-order valence-corrected chi connectivity index (χ4v) is 1.51. The van der Waals surface area contributed by atoms with Crippen LogP contribution in [-0.4, -0.2) is 53.1 Å². The van der Waals surface area contributed by atoms with Crippen LogP contribution in [0.2, 0.25) is 0 Å². The average molecular weight is 209 g/mol. The number of likely N-dealkylation sites (N-methyl/N-ethyl adjacent to an activating group) is 1. The Bertz CT molecular complexity index is 369. The van der Waals surface area contributed by atoms with E-state index in [-0.39, 0.29) is 5.56 Å². The largest absolute Gasteiger partial charge is 0.313 e. The molecule has 6 heteroatoms. The van der Waals surface area contributed by atoms with Crippen LogP contribution in [0, 0.1) is 0 Å². The SMILES string of the molecule is CN1CCN(Nc2cc(=O)[nH]cn2)CC1. The predicted molar refractivity (Wildman–Crippen MR) is 57.6 cm³/mol. The molecule has 1 fully saturated rings. The Morgan fingerprint density at radius 2 is 2.13 bits per heavy atom. The zero-order valence-corrected chi connectivity index (χ0v) is 8.73. The van der Waals surface area contributed by atoms with Gasteiger partial charge in [-0.05, 0) is 7.05 Å². The summed E-state index contributed by atoms with van der Waals surface area (Å²) in [6, 6.07) is 1.46. The van der Waals surface area contributed by atoms with Gasteiger partial charge in [0.05, 0.1) is 6.33 Å². The Morgan fingerprint density at radius 3 is 2.80 bits per heavy atom. The van der Waals surface area contributed by atoms with E-state index in [9.17, 15) is 4.79 Å². The second kappa shape index (κ2) is 4.41. The topological polar surface area (TPSA) is 64.3 Å². The minimum Gasteiger partial charge on any atom is -0.313 e. The molecule has 0 bridgehead atoms. The molecule has 0 spiro atoms. The first-order chi connectivity index (χ1) is 7.24. The molecule has 1 aromatic heterocycles. The smallest absolute Gasteiger partial charge is 0.252 e. The molecule has 0 atom stereocenters. The van der Waals surface area contributed by atoms with Gasteiger partial charge in [0.1, 0.15) is 5.82 Å². The summed E-state index contributed by atoms with van der Waals surface area (Å²) in [6.45, 7) is 3.92. The zero-order chi connectivity index (χ0) is 10.7. The maximum atomic E-state index is 11.0. The molecule has 15 heavy (non-hydrogen) atoms. The van der Waals surface area contributed by atoms with Crippen molar-refractivity contribution in [2.75, 3.05) is 38.7 Å². The van der Waals surface area contributed by atoms with Crippen LogP contribution in [0.15, 0.2) is 17.2 Å². The third-order valence-electron chi connectivity index (χ3n) is 2.45. The summed E-state index contributed by atoms with van der Waals surface area (Å²) >= 11 is 0. The summed E-state index contributed by atoms with van der Waals surface area (Å²) in [5.41, 5.74) is 2.98. The molecule has 0 saturated carbocycles. The molecule has 1 saturated heterocycles. The van der Waals surface area contributed by atoms with E-state index in [4.69, 9.17) is 0 Å². The number of aromatic amines is 1. The molecule has 0 radical (unpaired) electrons. The normalized spacial score (nSPS) is 19.0. The van der Waals surface area contributed by atoms with E-state index in [2.05, 4.69) is 32.4 Å². The third kappa shape index (κ3) is 2.77.